The highest BCUT2D eigenvalue weighted by Gasteiger charge is 2.40. The predicted molar refractivity (Wildman–Crippen MR) is 186 cm³/mol. The third kappa shape index (κ3) is 7.13. The van der Waals surface area contributed by atoms with E-state index in [1.54, 1.807) is 0 Å². The fraction of sp³-hybridized carbons (Fsp3) is 0.450. The number of benzene rings is 4. The van der Waals surface area contributed by atoms with E-state index in [1.807, 2.05) is 42.5 Å². The summed E-state index contributed by atoms with van der Waals surface area (Å²) >= 11 is 0. The highest BCUT2D eigenvalue weighted by atomic mass is 16.5. The van der Waals surface area contributed by atoms with Crippen LogP contribution in [0.15, 0.2) is 72.8 Å². The van der Waals surface area contributed by atoms with Gasteiger partial charge in [-0.05, 0) is 118 Å². The zero-order valence-corrected chi connectivity index (χ0v) is 28.5. The van der Waals surface area contributed by atoms with E-state index in [-0.39, 0.29) is 46.3 Å². The van der Waals surface area contributed by atoms with E-state index in [2.05, 4.69) is 96.4 Å². The Morgan fingerprint density at radius 3 is 1.59 bits per heavy atom. The fourth-order valence-corrected chi connectivity index (χ4v) is 8.26. The van der Waals surface area contributed by atoms with Gasteiger partial charge in [0.1, 0.15) is 12.2 Å². The van der Waals surface area contributed by atoms with E-state index in [4.69, 9.17) is 9.47 Å². The van der Waals surface area contributed by atoms with Crippen LogP contribution in [0, 0.1) is 0 Å². The van der Waals surface area contributed by atoms with Crippen molar-refractivity contribution in [1.82, 2.24) is 10.6 Å². The highest BCUT2D eigenvalue weighted by molar-refractivity contribution is 6.03. The Morgan fingerprint density at radius 2 is 1.04 bits per heavy atom. The van der Waals surface area contributed by atoms with Crippen LogP contribution in [0.25, 0.3) is 32.7 Å². The van der Waals surface area contributed by atoms with Crippen molar-refractivity contribution in [1.29, 1.82) is 0 Å². The molecule has 6 rings (SSSR count). The summed E-state index contributed by atoms with van der Waals surface area (Å²) in [6.45, 7) is 17.2. The maximum atomic E-state index is 13.4. The van der Waals surface area contributed by atoms with E-state index in [9.17, 15) is 9.59 Å². The molecule has 2 aliphatic heterocycles. The molecule has 46 heavy (non-hydrogen) atoms. The second-order valence-corrected chi connectivity index (χ2v) is 16.2. The summed E-state index contributed by atoms with van der Waals surface area (Å²) in [7, 11) is 0. The third-order valence-corrected chi connectivity index (χ3v) is 9.36. The molecule has 2 aliphatic rings. The number of piperidine rings is 2. The van der Waals surface area contributed by atoms with Gasteiger partial charge in [-0.1, -0.05) is 42.5 Å². The van der Waals surface area contributed by atoms with Gasteiger partial charge in [-0.25, -0.2) is 9.59 Å². The van der Waals surface area contributed by atoms with Crippen molar-refractivity contribution in [3.8, 4) is 11.1 Å². The number of ether oxygens (including phenoxy) is 2. The van der Waals surface area contributed by atoms with Crippen molar-refractivity contribution in [3.63, 3.8) is 0 Å². The first kappa shape index (κ1) is 32.2. The lowest BCUT2D eigenvalue weighted by Gasteiger charge is -2.45. The van der Waals surface area contributed by atoms with Gasteiger partial charge >= 0.3 is 11.9 Å². The molecule has 0 radical (unpaired) electrons. The molecule has 2 N–H and O–H groups in total. The van der Waals surface area contributed by atoms with Crippen molar-refractivity contribution in [2.45, 2.75) is 115 Å². The molecule has 0 amide bonds. The van der Waals surface area contributed by atoms with Crippen LogP contribution in [-0.2, 0) is 9.47 Å². The van der Waals surface area contributed by atoms with Crippen LogP contribution in [-0.4, -0.2) is 46.3 Å². The van der Waals surface area contributed by atoms with Crippen molar-refractivity contribution in [3.05, 3.63) is 83.9 Å². The van der Waals surface area contributed by atoms with Gasteiger partial charge in [0.2, 0.25) is 0 Å². The van der Waals surface area contributed by atoms with E-state index in [0.717, 1.165) is 58.4 Å². The van der Waals surface area contributed by atoms with E-state index < -0.39 is 0 Å². The van der Waals surface area contributed by atoms with E-state index in [0.29, 0.717) is 11.1 Å². The van der Waals surface area contributed by atoms with Crippen molar-refractivity contribution >= 4 is 33.5 Å². The number of hydrogen-bond acceptors (Lipinski definition) is 6. The normalized spacial score (nSPS) is 20.8. The summed E-state index contributed by atoms with van der Waals surface area (Å²) in [5.74, 6) is -0.586. The van der Waals surface area contributed by atoms with Crippen LogP contribution < -0.4 is 10.6 Å². The summed E-state index contributed by atoms with van der Waals surface area (Å²) in [5, 5.41) is 11.3. The van der Waals surface area contributed by atoms with Gasteiger partial charge in [-0.15, -0.1) is 0 Å². The second-order valence-electron chi connectivity index (χ2n) is 16.2. The topological polar surface area (TPSA) is 76.7 Å². The SMILES string of the molecule is CC1(C)CC(OC(=O)c2ccc3ccc(-c4cccc5ccc(C(=O)OC6CC(C)(C)NC(C)(C)C6)cc45)cc3c2)CC(C)(C)N1. The number of nitrogens with one attached hydrogen (secondary N) is 2. The van der Waals surface area contributed by atoms with Gasteiger partial charge in [0.25, 0.3) is 0 Å². The van der Waals surface area contributed by atoms with Gasteiger partial charge in [0.05, 0.1) is 11.1 Å². The minimum atomic E-state index is -0.294. The van der Waals surface area contributed by atoms with Crippen LogP contribution in [0.4, 0.5) is 0 Å². The number of hydrogen-bond donors (Lipinski definition) is 2. The van der Waals surface area contributed by atoms with Crippen LogP contribution in [0.3, 0.4) is 0 Å². The molecule has 0 spiro atoms. The zero-order valence-electron chi connectivity index (χ0n) is 28.5. The number of esters is 2. The lowest BCUT2D eigenvalue weighted by molar-refractivity contribution is -0.00764. The summed E-state index contributed by atoms with van der Waals surface area (Å²) in [5.41, 5.74) is 2.68. The molecule has 0 unspecified atom stereocenters. The molecule has 4 aromatic rings. The molecule has 0 bridgehead atoms. The first-order valence-electron chi connectivity index (χ1n) is 16.5. The van der Waals surface area contributed by atoms with Crippen LogP contribution in [0.5, 0.6) is 0 Å². The second kappa shape index (κ2) is 11.5. The maximum Gasteiger partial charge on any atom is 0.338 e. The molecular formula is C40H48N2O4. The summed E-state index contributed by atoms with van der Waals surface area (Å²) in [6.07, 6.45) is 2.77. The number of fused-ring (bicyclic) bond motifs is 2. The number of carbonyl (C=O) groups excluding carboxylic acids is 2. The Morgan fingerprint density at radius 1 is 0.565 bits per heavy atom. The monoisotopic (exact) mass is 620 g/mol. The lowest BCUT2D eigenvalue weighted by Crippen LogP contribution is -2.59. The summed E-state index contributed by atoms with van der Waals surface area (Å²) < 4.78 is 12.1. The Hall–Kier alpha value is -3.74. The Bertz CT molecular complexity index is 1790. The van der Waals surface area contributed by atoms with Gasteiger partial charge in [-0.2, -0.15) is 0 Å². The quantitative estimate of drug-likeness (QED) is 0.218. The van der Waals surface area contributed by atoms with E-state index in [1.165, 1.54) is 0 Å². The van der Waals surface area contributed by atoms with Gasteiger partial charge in [0.15, 0.2) is 0 Å². The summed E-state index contributed by atoms with van der Waals surface area (Å²) in [4.78, 5) is 26.8. The maximum absolute atomic E-state index is 13.4. The first-order valence-corrected chi connectivity index (χ1v) is 16.5. The number of carbonyl (C=O) groups is 2. The molecule has 4 aromatic carbocycles. The smallest absolute Gasteiger partial charge is 0.338 e. The number of rotatable bonds is 5. The minimum absolute atomic E-state index is 0.110. The third-order valence-electron chi connectivity index (χ3n) is 9.36. The van der Waals surface area contributed by atoms with Crippen molar-refractivity contribution in [2.24, 2.45) is 0 Å². The molecular weight excluding hydrogens is 572 g/mol. The van der Waals surface area contributed by atoms with Gasteiger partial charge < -0.3 is 20.1 Å². The molecule has 6 heteroatoms. The van der Waals surface area contributed by atoms with Crippen molar-refractivity contribution < 1.29 is 19.1 Å². The van der Waals surface area contributed by atoms with Crippen LogP contribution in [0.1, 0.15) is 102 Å². The standard InChI is InChI=1S/C40H48N2O4/c1-37(2)21-31(22-38(3,4)41-37)45-35(43)28-16-13-25-12-15-27(18-30(25)19-28)33-11-9-10-26-14-17-29(20-34(26)33)36(44)46-32-23-39(5,6)42-40(7,8)24-32/h9-20,31-32,41-42H,21-24H2,1-8H3. The fourth-order valence-electron chi connectivity index (χ4n) is 8.26. The Balaban J connectivity index is 1.26. The molecule has 6 nitrogen and oxygen atoms in total. The highest BCUT2D eigenvalue weighted by Crippen LogP contribution is 2.35. The van der Waals surface area contributed by atoms with Gasteiger partial charge in [0, 0.05) is 47.8 Å². The predicted octanol–water partition coefficient (Wildman–Crippen LogP) is 8.59. The summed E-state index contributed by atoms with van der Waals surface area (Å²) in [6, 6.07) is 24.0. The molecule has 0 aliphatic carbocycles. The van der Waals surface area contributed by atoms with E-state index >= 15 is 0 Å². The first-order chi connectivity index (χ1) is 21.5. The molecule has 2 heterocycles. The van der Waals surface area contributed by atoms with Crippen molar-refractivity contribution in [2.75, 3.05) is 0 Å². The molecule has 0 saturated carbocycles. The minimum Gasteiger partial charge on any atom is -0.459 e. The molecule has 2 saturated heterocycles. The van der Waals surface area contributed by atoms with Crippen LogP contribution >= 0.6 is 0 Å². The Kier molecular flexibility index (Phi) is 8.05. The zero-order chi connectivity index (χ0) is 33.1. The molecule has 0 atom stereocenters. The van der Waals surface area contributed by atoms with Gasteiger partial charge in [-0.3, -0.25) is 0 Å². The molecule has 242 valence electrons. The van der Waals surface area contributed by atoms with Crippen LogP contribution in [0.2, 0.25) is 0 Å². The average Bonchev–Trinajstić information content (AvgIpc) is 2.92. The lowest BCUT2D eigenvalue weighted by atomic mass is 9.81. The average molecular weight is 621 g/mol. The molecule has 2 fully saturated rings. The largest absolute Gasteiger partial charge is 0.459 e. The molecule has 0 aromatic heterocycles. The Labute approximate surface area is 273 Å².